The monoisotopic (exact) mass is 406 g/mol. The molecule has 9 heteroatoms. The van der Waals surface area contributed by atoms with Crippen LogP contribution >= 0.6 is 0 Å². The Morgan fingerprint density at radius 3 is 2.46 bits per heavy atom. The Labute approximate surface area is 163 Å². The molecule has 0 atom stereocenters. The normalized spacial score (nSPS) is 10.9. The topological polar surface area (TPSA) is 125 Å². The first kappa shape index (κ1) is 21.4. The molecule has 2 aromatic rings. The summed E-state index contributed by atoms with van der Waals surface area (Å²) in [6, 6.07) is 11.0. The molecule has 0 fully saturated rings. The summed E-state index contributed by atoms with van der Waals surface area (Å²) in [5, 5.41) is 7.75. The van der Waals surface area contributed by atoms with Gasteiger partial charge in [-0.15, -0.1) is 0 Å². The van der Waals surface area contributed by atoms with Crippen LogP contribution in [0.3, 0.4) is 0 Å². The van der Waals surface area contributed by atoms with E-state index in [0.717, 1.165) is 5.56 Å². The fraction of sp³-hybridized carbons (Fsp3) is 0.263. The second-order valence-electron chi connectivity index (χ2n) is 5.80. The van der Waals surface area contributed by atoms with Crippen LogP contribution in [-0.4, -0.2) is 40.4 Å². The van der Waals surface area contributed by atoms with Crippen LogP contribution < -0.4 is 19.9 Å². The van der Waals surface area contributed by atoms with E-state index in [2.05, 4.69) is 5.32 Å². The first-order valence-corrected chi connectivity index (χ1v) is 10.1. The van der Waals surface area contributed by atoms with Crippen molar-refractivity contribution in [2.45, 2.75) is 18.2 Å². The van der Waals surface area contributed by atoms with Crippen LogP contribution in [-0.2, 0) is 21.2 Å². The highest BCUT2D eigenvalue weighted by Gasteiger charge is 2.13. The van der Waals surface area contributed by atoms with E-state index in [0.29, 0.717) is 37.2 Å². The highest BCUT2D eigenvalue weighted by atomic mass is 32.2. The van der Waals surface area contributed by atoms with Crippen molar-refractivity contribution in [1.82, 2.24) is 5.32 Å². The van der Waals surface area contributed by atoms with E-state index in [1.54, 1.807) is 37.3 Å². The maximum atomic E-state index is 12.0. The molecule has 0 spiro atoms. The molecule has 0 saturated carbocycles. The van der Waals surface area contributed by atoms with Gasteiger partial charge in [0.1, 0.15) is 0 Å². The largest absolute Gasteiger partial charge is 0.490 e. The number of ether oxygens (including phenoxy) is 2. The molecule has 3 N–H and O–H groups in total. The first-order valence-electron chi connectivity index (χ1n) is 8.57. The third-order valence-electron chi connectivity index (χ3n) is 3.77. The van der Waals surface area contributed by atoms with Crippen molar-refractivity contribution in [3.8, 4) is 11.5 Å². The third-order valence-corrected chi connectivity index (χ3v) is 4.70. The highest BCUT2D eigenvalue weighted by molar-refractivity contribution is 7.89. The molecule has 0 saturated heterocycles. The van der Waals surface area contributed by atoms with Crippen LogP contribution in [0.15, 0.2) is 47.4 Å². The number of hydrogen-bond acceptors (Lipinski definition) is 6. The average molecular weight is 406 g/mol. The summed E-state index contributed by atoms with van der Waals surface area (Å²) in [7, 11) is -3.72. The van der Waals surface area contributed by atoms with Gasteiger partial charge in [-0.05, 0) is 43.2 Å². The third kappa shape index (κ3) is 6.07. The number of aldehydes is 1. The van der Waals surface area contributed by atoms with Crippen molar-refractivity contribution in [1.29, 1.82) is 0 Å². The number of sulfonamides is 1. The summed E-state index contributed by atoms with van der Waals surface area (Å²) in [4.78, 5) is 23.2. The standard InChI is InChI=1S/C19H22N2O6S/c1-2-26-17-5-3-4-15(12-22)19(17)27-13-18(23)21-11-10-14-6-8-16(9-7-14)28(20,24)25/h3-9,12H,2,10-11,13H2,1H3,(H,21,23)(H2,20,24,25). The second kappa shape index (κ2) is 9.86. The van der Waals surface area contributed by atoms with E-state index in [4.69, 9.17) is 14.6 Å². The van der Waals surface area contributed by atoms with Crippen LogP contribution in [0.5, 0.6) is 11.5 Å². The summed E-state index contributed by atoms with van der Waals surface area (Å²) in [6.45, 7) is 2.27. The van der Waals surface area contributed by atoms with Gasteiger partial charge in [0.15, 0.2) is 24.4 Å². The molecule has 0 aliphatic heterocycles. The Bertz CT molecular complexity index is 926. The van der Waals surface area contributed by atoms with E-state index >= 15 is 0 Å². The summed E-state index contributed by atoms with van der Waals surface area (Å²) in [6.07, 6.45) is 1.15. The quantitative estimate of drug-likeness (QED) is 0.573. The number of carbonyl (C=O) groups is 2. The second-order valence-corrected chi connectivity index (χ2v) is 7.36. The van der Waals surface area contributed by atoms with Gasteiger partial charge >= 0.3 is 0 Å². The lowest BCUT2D eigenvalue weighted by atomic mass is 10.1. The molecular formula is C19H22N2O6S. The Hall–Kier alpha value is -2.91. The summed E-state index contributed by atoms with van der Waals surface area (Å²) < 4.78 is 33.3. The van der Waals surface area contributed by atoms with E-state index in [1.807, 2.05) is 0 Å². The highest BCUT2D eigenvalue weighted by Crippen LogP contribution is 2.30. The Kier molecular flexibility index (Phi) is 7.53. The molecule has 0 aromatic heterocycles. The zero-order chi connectivity index (χ0) is 20.6. The van der Waals surface area contributed by atoms with Crippen LogP contribution in [0.2, 0.25) is 0 Å². The van der Waals surface area contributed by atoms with Crippen molar-refractivity contribution in [3.63, 3.8) is 0 Å². The molecule has 0 heterocycles. The summed E-state index contributed by atoms with van der Waals surface area (Å²) in [5.74, 6) is 0.271. The number of para-hydroxylation sites is 1. The zero-order valence-corrected chi connectivity index (χ0v) is 16.2. The van der Waals surface area contributed by atoms with E-state index in [1.165, 1.54) is 12.1 Å². The molecule has 1 amide bonds. The van der Waals surface area contributed by atoms with Crippen molar-refractivity contribution in [2.24, 2.45) is 5.14 Å². The number of rotatable bonds is 10. The van der Waals surface area contributed by atoms with Gasteiger partial charge in [0.05, 0.1) is 17.1 Å². The molecule has 2 aromatic carbocycles. The van der Waals surface area contributed by atoms with Gasteiger partial charge in [-0.1, -0.05) is 18.2 Å². The summed E-state index contributed by atoms with van der Waals surface area (Å²) >= 11 is 0. The fourth-order valence-corrected chi connectivity index (χ4v) is 2.95. The molecule has 0 radical (unpaired) electrons. The van der Waals surface area contributed by atoms with Gasteiger partial charge in [-0.25, -0.2) is 13.6 Å². The lowest BCUT2D eigenvalue weighted by molar-refractivity contribution is -0.123. The van der Waals surface area contributed by atoms with Gasteiger partial charge in [-0.2, -0.15) is 0 Å². The predicted octanol–water partition coefficient (Wildman–Crippen LogP) is 1.28. The van der Waals surface area contributed by atoms with Gasteiger partial charge in [-0.3, -0.25) is 9.59 Å². The zero-order valence-electron chi connectivity index (χ0n) is 15.4. The molecule has 150 valence electrons. The minimum absolute atomic E-state index is 0.0348. The fourth-order valence-electron chi connectivity index (χ4n) is 2.43. The van der Waals surface area contributed by atoms with E-state index in [9.17, 15) is 18.0 Å². The first-order chi connectivity index (χ1) is 13.3. The Morgan fingerprint density at radius 1 is 1.14 bits per heavy atom. The lowest BCUT2D eigenvalue weighted by Gasteiger charge is -2.13. The van der Waals surface area contributed by atoms with Crippen LogP contribution in [0, 0.1) is 0 Å². The number of hydrogen-bond donors (Lipinski definition) is 2. The van der Waals surface area contributed by atoms with Crippen LogP contribution in [0.4, 0.5) is 0 Å². The minimum atomic E-state index is -3.72. The smallest absolute Gasteiger partial charge is 0.257 e. The van der Waals surface area contributed by atoms with Gasteiger partial charge < -0.3 is 14.8 Å². The number of nitrogens with two attached hydrogens (primary N) is 1. The predicted molar refractivity (Wildman–Crippen MR) is 103 cm³/mol. The van der Waals surface area contributed by atoms with Crippen LogP contribution in [0.1, 0.15) is 22.8 Å². The number of benzene rings is 2. The molecule has 0 aliphatic rings. The molecule has 2 rings (SSSR count). The van der Waals surface area contributed by atoms with Crippen molar-refractivity contribution in [2.75, 3.05) is 19.8 Å². The molecule has 0 unspecified atom stereocenters. The van der Waals surface area contributed by atoms with E-state index in [-0.39, 0.29) is 23.2 Å². The Morgan fingerprint density at radius 2 is 1.86 bits per heavy atom. The molecule has 0 bridgehead atoms. The van der Waals surface area contributed by atoms with Crippen molar-refractivity contribution < 1.29 is 27.5 Å². The van der Waals surface area contributed by atoms with Gasteiger partial charge in [0.2, 0.25) is 10.0 Å². The molecule has 0 aliphatic carbocycles. The average Bonchev–Trinajstić information content (AvgIpc) is 2.66. The van der Waals surface area contributed by atoms with Crippen molar-refractivity contribution >= 4 is 22.2 Å². The molecule has 8 nitrogen and oxygen atoms in total. The Balaban J connectivity index is 1.86. The minimum Gasteiger partial charge on any atom is -0.490 e. The number of nitrogens with one attached hydrogen (secondary N) is 1. The van der Waals surface area contributed by atoms with Gasteiger partial charge in [0.25, 0.3) is 5.91 Å². The number of amides is 1. The maximum Gasteiger partial charge on any atom is 0.257 e. The SMILES string of the molecule is CCOc1cccc(C=O)c1OCC(=O)NCCc1ccc(S(N)(=O)=O)cc1. The molecule has 28 heavy (non-hydrogen) atoms. The summed E-state index contributed by atoms with van der Waals surface area (Å²) in [5.41, 5.74) is 1.15. The lowest BCUT2D eigenvalue weighted by Crippen LogP contribution is -2.30. The van der Waals surface area contributed by atoms with Crippen LogP contribution in [0.25, 0.3) is 0 Å². The number of primary sulfonamides is 1. The molecular weight excluding hydrogens is 384 g/mol. The number of carbonyl (C=O) groups excluding carboxylic acids is 2. The van der Waals surface area contributed by atoms with Crippen molar-refractivity contribution in [3.05, 3.63) is 53.6 Å². The van der Waals surface area contributed by atoms with E-state index < -0.39 is 10.0 Å². The maximum absolute atomic E-state index is 12.0. The van der Waals surface area contributed by atoms with Gasteiger partial charge in [0, 0.05) is 6.54 Å².